The fourth-order valence-corrected chi connectivity index (χ4v) is 2.59. The highest BCUT2D eigenvalue weighted by Gasteiger charge is 2.27. The number of nitrogens with zero attached hydrogens (tertiary/aromatic N) is 1. The molecule has 1 saturated heterocycles. The van der Waals surface area contributed by atoms with Crippen LogP contribution in [0.4, 0.5) is 10.6 Å². The number of urea groups is 1. The fourth-order valence-electron chi connectivity index (χ4n) is 2.59. The second kappa shape index (κ2) is 6.30. The molecule has 2 unspecified atom stereocenters. The number of nitrogens with one attached hydrogen (secondary N) is 4. The van der Waals surface area contributed by atoms with Crippen LogP contribution >= 0.6 is 0 Å². The third kappa shape index (κ3) is 3.85. The Morgan fingerprint density at radius 2 is 2.38 bits per heavy atom. The lowest BCUT2D eigenvalue weighted by Crippen LogP contribution is -2.44. The predicted octanol–water partition coefficient (Wildman–Crippen LogP) is 0.642. The molecule has 114 valence electrons. The van der Waals surface area contributed by atoms with Crippen LogP contribution in [0.3, 0.4) is 0 Å². The SMILES string of the molecule is CC(NC(=O)NCCc1ccc2c(n1)NCCC2)C1CN1. The molecule has 0 aromatic carbocycles. The van der Waals surface area contributed by atoms with E-state index in [1.807, 2.05) is 6.92 Å². The molecule has 0 bridgehead atoms. The van der Waals surface area contributed by atoms with Gasteiger partial charge in [0, 0.05) is 43.8 Å². The molecule has 0 saturated carbocycles. The topological polar surface area (TPSA) is 88.0 Å². The smallest absolute Gasteiger partial charge is 0.315 e. The summed E-state index contributed by atoms with van der Waals surface area (Å²) < 4.78 is 0. The Morgan fingerprint density at radius 1 is 1.52 bits per heavy atom. The Kier molecular flexibility index (Phi) is 4.24. The molecule has 0 aliphatic carbocycles. The van der Waals surface area contributed by atoms with E-state index >= 15 is 0 Å². The van der Waals surface area contributed by atoms with E-state index in [0.717, 1.165) is 37.4 Å². The van der Waals surface area contributed by atoms with Gasteiger partial charge >= 0.3 is 6.03 Å². The van der Waals surface area contributed by atoms with E-state index in [0.29, 0.717) is 12.6 Å². The molecule has 1 aromatic heterocycles. The zero-order valence-electron chi connectivity index (χ0n) is 12.4. The monoisotopic (exact) mass is 289 g/mol. The molecule has 6 heteroatoms. The van der Waals surface area contributed by atoms with Gasteiger partial charge in [-0.05, 0) is 31.4 Å². The van der Waals surface area contributed by atoms with Crippen LogP contribution in [0.1, 0.15) is 24.6 Å². The first-order valence-corrected chi connectivity index (χ1v) is 7.73. The largest absolute Gasteiger partial charge is 0.370 e. The summed E-state index contributed by atoms with van der Waals surface area (Å²) in [4.78, 5) is 16.3. The minimum atomic E-state index is -0.104. The highest BCUT2D eigenvalue weighted by Crippen LogP contribution is 2.19. The van der Waals surface area contributed by atoms with Crippen molar-refractivity contribution in [1.29, 1.82) is 0 Å². The predicted molar refractivity (Wildman–Crippen MR) is 82.5 cm³/mol. The molecule has 0 spiro atoms. The maximum atomic E-state index is 11.7. The summed E-state index contributed by atoms with van der Waals surface area (Å²) in [6, 6.07) is 4.71. The van der Waals surface area contributed by atoms with E-state index in [2.05, 4.69) is 38.4 Å². The summed E-state index contributed by atoms with van der Waals surface area (Å²) >= 11 is 0. The zero-order valence-corrected chi connectivity index (χ0v) is 12.4. The van der Waals surface area contributed by atoms with Gasteiger partial charge in [0.05, 0.1) is 0 Å². The molecule has 1 aromatic rings. The lowest BCUT2D eigenvalue weighted by atomic mass is 10.1. The van der Waals surface area contributed by atoms with E-state index in [1.54, 1.807) is 0 Å². The van der Waals surface area contributed by atoms with Crippen molar-refractivity contribution in [2.45, 2.75) is 38.3 Å². The highest BCUT2D eigenvalue weighted by atomic mass is 16.2. The maximum absolute atomic E-state index is 11.7. The number of aryl methyl sites for hydroxylation is 1. The first-order valence-electron chi connectivity index (χ1n) is 7.73. The van der Waals surface area contributed by atoms with Crippen molar-refractivity contribution in [2.75, 3.05) is 25.0 Å². The van der Waals surface area contributed by atoms with E-state index in [1.165, 1.54) is 12.0 Å². The van der Waals surface area contributed by atoms with Crippen molar-refractivity contribution in [3.05, 3.63) is 23.4 Å². The number of anilines is 1. The molecule has 6 nitrogen and oxygen atoms in total. The normalized spacial score (nSPS) is 20.9. The molecule has 1 fully saturated rings. The first-order chi connectivity index (χ1) is 10.2. The van der Waals surface area contributed by atoms with Crippen LogP contribution in [0.5, 0.6) is 0 Å². The number of carbonyl (C=O) groups excluding carboxylic acids is 1. The van der Waals surface area contributed by atoms with Crippen LogP contribution in [-0.4, -0.2) is 42.7 Å². The number of hydrogen-bond acceptors (Lipinski definition) is 4. The minimum absolute atomic E-state index is 0.104. The highest BCUT2D eigenvalue weighted by molar-refractivity contribution is 5.74. The second-order valence-electron chi connectivity index (χ2n) is 5.79. The molecule has 4 N–H and O–H groups in total. The van der Waals surface area contributed by atoms with E-state index in [9.17, 15) is 4.79 Å². The van der Waals surface area contributed by atoms with Crippen molar-refractivity contribution < 1.29 is 4.79 Å². The third-order valence-corrected chi connectivity index (χ3v) is 4.02. The molecular weight excluding hydrogens is 266 g/mol. The lowest BCUT2D eigenvalue weighted by molar-refractivity contribution is 0.237. The Labute approximate surface area is 125 Å². The van der Waals surface area contributed by atoms with E-state index < -0.39 is 0 Å². The standard InChI is InChI=1S/C15H23N5O/c1-10(13-9-18-13)19-15(21)17-8-6-12-5-4-11-3-2-7-16-14(11)20-12/h4-5,10,13,18H,2-3,6-9H2,1H3,(H,16,20)(H2,17,19,21). The van der Waals surface area contributed by atoms with Crippen molar-refractivity contribution in [1.82, 2.24) is 20.9 Å². The van der Waals surface area contributed by atoms with Crippen molar-refractivity contribution in [3.63, 3.8) is 0 Å². The van der Waals surface area contributed by atoms with E-state index in [4.69, 9.17) is 0 Å². The van der Waals surface area contributed by atoms with Gasteiger partial charge in [-0.15, -0.1) is 0 Å². The van der Waals surface area contributed by atoms with Gasteiger partial charge in [0.2, 0.25) is 0 Å². The Morgan fingerprint density at radius 3 is 3.19 bits per heavy atom. The van der Waals surface area contributed by atoms with Crippen LogP contribution in [0.15, 0.2) is 12.1 Å². The average molecular weight is 289 g/mol. The quantitative estimate of drug-likeness (QED) is 0.599. The van der Waals surface area contributed by atoms with Gasteiger partial charge in [0.1, 0.15) is 5.82 Å². The molecule has 2 aliphatic heterocycles. The number of amides is 2. The third-order valence-electron chi connectivity index (χ3n) is 4.02. The number of aromatic nitrogens is 1. The van der Waals surface area contributed by atoms with Gasteiger partial charge in [0.15, 0.2) is 0 Å². The van der Waals surface area contributed by atoms with Crippen LogP contribution in [0, 0.1) is 0 Å². The Balaban J connectivity index is 1.43. The van der Waals surface area contributed by atoms with Gasteiger partial charge in [0.25, 0.3) is 0 Å². The molecule has 0 radical (unpaired) electrons. The molecule has 3 rings (SSSR count). The molecule has 2 aliphatic rings. The molecular formula is C15H23N5O. The Hall–Kier alpha value is -1.82. The van der Waals surface area contributed by atoms with Crippen molar-refractivity contribution in [2.24, 2.45) is 0 Å². The van der Waals surface area contributed by atoms with Crippen LogP contribution in [0.25, 0.3) is 0 Å². The first kappa shape index (κ1) is 14.1. The van der Waals surface area contributed by atoms with Crippen LogP contribution < -0.4 is 21.3 Å². The minimum Gasteiger partial charge on any atom is -0.370 e. The lowest BCUT2D eigenvalue weighted by Gasteiger charge is -2.17. The van der Waals surface area contributed by atoms with Gasteiger partial charge in [-0.3, -0.25) is 0 Å². The van der Waals surface area contributed by atoms with Crippen molar-refractivity contribution >= 4 is 11.8 Å². The average Bonchev–Trinajstić information content (AvgIpc) is 3.32. The Bertz CT molecular complexity index is 515. The second-order valence-corrected chi connectivity index (χ2v) is 5.79. The van der Waals surface area contributed by atoms with Gasteiger partial charge in [-0.2, -0.15) is 0 Å². The van der Waals surface area contributed by atoms with Crippen molar-refractivity contribution in [3.8, 4) is 0 Å². The summed E-state index contributed by atoms with van der Waals surface area (Å²) in [5, 5.41) is 12.3. The number of rotatable bonds is 5. The van der Waals surface area contributed by atoms with Gasteiger partial charge in [-0.1, -0.05) is 6.07 Å². The summed E-state index contributed by atoms with van der Waals surface area (Å²) in [5.41, 5.74) is 2.31. The number of fused-ring (bicyclic) bond motifs is 1. The molecule has 2 atom stereocenters. The molecule has 3 heterocycles. The van der Waals surface area contributed by atoms with E-state index in [-0.39, 0.29) is 12.1 Å². The number of pyridine rings is 1. The maximum Gasteiger partial charge on any atom is 0.315 e. The summed E-state index contributed by atoms with van der Waals surface area (Å²) in [7, 11) is 0. The fraction of sp³-hybridized carbons (Fsp3) is 0.600. The van der Waals surface area contributed by atoms with Crippen LogP contribution in [0.2, 0.25) is 0 Å². The van der Waals surface area contributed by atoms with Gasteiger partial charge in [-0.25, -0.2) is 9.78 Å². The number of hydrogen-bond donors (Lipinski definition) is 4. The summed E-state index contributed by atoms with van der Waals surface area (Å²) in [5.74, 6) is 1.01. The summed E-state index contributed by atoms with van der Waals surface area (Å²) in [6.45, 7) is 4.61. The molecule has 2 amide bonds. The molecule has 21 heavy (non-hydrogen) atoms. The van der Waals surface area contributed by atoms with Gasteiger partial charge < -0.3 is 21.3 Å². The van der Waals surface area contributed by atoms with Crippen LogP contribution in [-0.2, 0) is 12.8 Å². The summed E-state index contributed by atoms with van der Waals surface area (Å²) in [6.07, 6.45) is 3.02. The zero-order chi connectivity index (χ0) is 14.7. The number of carbonyl (C=O) groups is 1.